The third-order valence-electron chi connectivity index (χ3n) is 3.20. The van der Waals surface area contributed by atoms with E-state index < -0.39 is 0 Å². The molecule has 104 valence electrons. The number of halogens is 1. The van der Waals surface area contributed by atoms with Gasteiger partial charge in [-0.1, -0.05) is 64.5 Å². The summed E-state index contributed by atoms with van der Waals surface area (Å²) in [5.74, 6) is 0.0241. The molecule has 0 N–H and O–H groups in total. The molecule has 0 atom stereocenters. The van der Waals surface area contributed by atoms with Gasteiger partial charge in [-0.05, 0) is 12.1 Å². The van der Waals surface area contributed by atoms with E-state index in [1.54, 1.807) is 10.9 Å². The minimum atomic E-state index is 0.0241. The van der Waals surface area contributed by atoms with Crippen LogP contribution in [0, 0.1) is 0 Å². The molecule has 0 saturated heterocycles. The molecular weight excluding hydrogens is 328 g/mol. The molecule has 0 spiro atoms. The summed E-state index contributed by atoms with van der Waals surface area (Å²) in [5.41, 5.74) is 3.21. The number of rotatable bonds is 4. The molecule has 3 aromatic rings. The van der Waals surface area contributed by atoms with Gasteiger partial charge < -0.3 is 0 Å². The normalized spacial score (nSPS) is 10.5. The van der Waals surface area contributed by atoms with E-state index in [0.717, 1.165) is 11.3 Å². The van der Waals surface area contributed by atoms with Crippen LogP contribution in [0.4, 0.5) is 0 Å². The molecule has 0 aliphatic carbocycles. The Hall–Kier alpha value is -2.20. The van der Waals surface area contributed by atoms with E-state index in [2.05, 4.69) is 21.0 Å². The molecule has 0 radical (unpaired) electrons. The van der Waals surface area contributed by atoms with Crippen molar-refractivity contribution in [2.45, 2.75) is 0 Å². The third-order valence-corrected chi connectivity index (χ3v) is 3.71. The van der Waals surface area contributed by atoms with E-state index in [1.165, 1.54) is 0 Å². The summed E-state index contributed by atoms with van der Waals surface area (Å²) in [7, 11) is 0. The average molecular weight is 341 g/mol. The van der Waals surface area contributed by atoms with E-state index in [4.69, 9.17) is 0 Å². The molecule has 1 aromatic heterocycles. The van der Waals surface area contributed by atoms with Crippen LogP contribution < -0.4 is 0 Å². The van der Waals surface area contributed by atoms with Crippen LogP contribution in [0.5, 0.6) is 0 Å². The molecule has 1 heterocycles. The van der Waals surface area contributed by atoms with Crippen molar-refractivity contribution < 1.29 is 4.79 Å². The van der Waals surface area contributed by atoms with Crippen LogP contribution in [-0.2, 0) is 0 Å². The first-order valence-corrected chi connectivity index (χ1v) is 7.71. The molecule has 2 aromatic carbocycles. The van der Waals surface area contributed by atoms with Crippen molar-refractivity contribution in [1.82, 2.24) is 9.78 Å². The average Bonchev–Trinajstić information content (AvgIpc) is 3.01. The lowest BCUT2D eigenvalue weighted by atomic mass is 10.1. The third kappa shape index (κ3) is 2.81. The second-order valence-corrected chi connectivity index (χ2v) is 5.16. The van der Waals surface area contributed by atoms with Crippen LogP contribution in [0.3, 0.4) is 0 Å². The molecule has 3 nitrogen and oxygen atoms in total. The summed E-state index contributed by atoms with van der Waals surface area (Å²) in [5, 5.41) is 4.88. The molecule has 4 heteroatoms. The SMILES string of the molecule is O=C(CBr)c1cn(-c2ccccc2)nc1-c1ccccc1. The first-order chi connectivity index (χ1) is 10.3. The van der Waals surface area contributed by atoms with E-state index in [0.29, 0.717) is 11.3 Å². The predicted molar refractivity (Wildman–Crippen MR) is 87.1 cm³/mol. The van der Waals surface area contributed by atoms with Crippen molar-refractivity contribution in [3.63, 3.8) is 0 Å². The number of ketones is 1. The highest BCUT2D eigenvalue weighted by Crippen LogP contribution is 2.24. The summed E-state index contributed by atoms with van der Waals surface area (Å²) in [6.45, 7) is 0. The summed E-state index contributed by atoms with van der Waals surface area (Å²) in [6.07, 6.45) is 1.79. The van der Waals surface area contributed by atoms with Gasteiger partial charge in [-0.2, -0.15) is 5.10 Å². The monoisotopic (exact) mass is 340 g/mol. The molecule has 0 unspecified atom stereocenters. The molecule has 0 bridgehead atoms. The number of aromatic nitrogens is 2. The molecular formula is C17H13BrN2O. The maximum atomic E-state index is 12.2. The summed E-state index contributed by atoms with van der Waals surface area (Å²) >= 11 is 3.24. The van der Waals surface area contributed by atoms with Crippen LogP contribution in [0.1, 0.15) is 10.4 Å². The van der Waals surface area contributed by atoms with Crippen LogP contribution in [-0.4, -0.2) is 20.9 Å². The van der Waals surface area contributed by atoms with Crippen LogP contribution in [0.25, 0.3) is 16.9 Å². The van der Waals surface area contributed by atoms with Crippen LogP contribution >= 0.6 is 15.9 Å². The summed E-state index contributed by atoms with van der Waals surface area (Å²) < 4.78 is 1.75. The first-order valence-electron chi connectivity index (χ1n) is 6.59. The largest absolute Gasteiger partial charge is 0.293 e. The predicted octanol–water partition coefficient (Wildman–Crippen LogP) is 4.12. The number of nitrogens with zero attached hydrogens (tertiary/aromatic N) is 2. The van der Waals surface area contributed by atoms with Gasteiger partial charge >= 0.3 is 0 Å². The van der Waals surface area contributed by atoms with Crippen molar-refractivity contribution in [2.75, 3.05) is 5.33 Å². The quantitative estimate of drug-likeness (QED) is 0.529. The number of benzene rings is 2. The van der Waals surface area contributed by atoms with Crippen LogP contribution in [0.2, 0.25) is 0 Å². The lowest BCUT2D eigenvalue weighted by Gasteiger charge is -2.00. The Morgan fingerprint density at radius 2 is 1.62 bits per heavy atom. The van der Waals surface area contributed by atoms with Gasteiger partial charge in [0.15, 0.2) is 5.78 Å². The van der Waals surface area contributed by atoms with Crippen molar-refractivity contribution in [2.24, 2.45) is 0 Å². The first kappa shape index (κ1) is 13.8. The van der Waals surface area contributed by atoms with Gasteiger partial charge in [0.1, 0.15) is 5.69 Å². The van der Waals surface area contributed by atoms with Crippen LogP contribution in [0.15, 0.2) is 66.9 Å². The fraction of sp³-hybridized carbons (Fsp3) is 0.0588. The molecule has 21 heavy (non-hydrogen) atoms. The second-order valence-electron chi connectivity index (χ2n) is 4.59. The van der Waals surface area contributed by atoms with Crippen molar-refractivity contribution in [3.05, 3.63) is 72.4 Å². The lowest BCUT2D eigenvalue weighted by molar-refractivity contribution is 0.102. The molecule has 0 amide bonds. The molecule has 0 aliphatic heterocycles. The van der Waals surface area contributed by atoms with E-state index in [9.17, 15) is 4.79 Å². The Morgan fingerprint density at radius 3 is 2.24 bits per heavy atom. The van der Waals surface area contributed by atoms with Gasteiger partial charge in [-0.25, -0.2) is 4.68 Å². The number of Topliss-reactive ketones (excluding diaryl/α,β-unsaturated/α-hetero) is 1. The van der Waals surface area contributed by atoms with Crippen molar-refractivity contribution in [1.29, 1.82) is 0 Å². The summed E-state index contributed by atoms with van der Waals surface area (Å²) in [4.78, 5) is 12.2. The Morgan fingerprint density at radius 1 is 1.00 bits per heavy atom. The zero-order valence-corrected chi connectivity index (χ0v) is 12.8. The van der Waals surface area contributed by atoms with Gasteiger partial charge in [0.2, 0.25) is 0 Å². The highest BCUT2D eigenvalue weighted by molar-refractivity contribution is 9.09. The maximum absolute atomic E-state index is 12.2. The minimum Gasteiger partial charge on any atom is -0.293 e. The van der Waals surface area contributed by atoms with E-state index in [1.807, 2.05) is 60.7 Å². The molecule has 0 aliphatic rings. The molecule has 3 rings (SSSR count). The number of hydrogen-bond acceptors (Lipinski definition) is 2. The number of carbonyl (C=O) groups is 1. The Balaban J connectivity index is 2.14. The highest BCUT2D eigenvalue weighted by Gasteiger charge is 2.17. The van der Waals surface area contributed by atoms with Gasteiger partial charge in [-0.3, -0.25) is 4.79 Å². The number of hydrogen-bond donors (Lipinski definition) is 0. The number of carbonyl (C=O) groups excluding carboxylic acids is 1. The molecule has 0 saturated carbocycles. The standard InChI is InChI=1S/C17H13BrN2O/c18-11-16(21)15-12-20(14-9-5-2-6-10-14)19-17(15)13-7-3-1-4-8-13/h1-10,12H,11H2. The fourth-order valence-corrected chi connectivity index (χ4v) is 2.47. The van der Waals surface area contributed by atoms with Crippen molar-refractivity contribution in [3.8, 4) is 16.9 Å². The van der Waals surface area contributed by atoms with Gasteiger partial charge in [0.25, 0.3) is 0 Å². The molecule has 0 fully saturated rings. The smallest absolute Gasteiger partial charge is 0.177 e. The number of alkyl halides is 1. The van der Waals surface area contributed by atoms with Gasteiger partial charge in [0, 0.05) is 11.8 Å². The second kappa shape index (κ2) is 6.06. The van der Waals surface area contributed by atoms with Gasteiger partial charge in [0.05, 0.1) is 16.6 Å². The lowest BCUT2D eigenvalue weighted by Crippen LogP contribution is -2.00. The zero-order valence-electron chi connectivity index (χ0n) is 11.2. The Labute approximate surface area is 131 Å². The minimum absolute atomic E-state index is 0.0241. The zero-order chi connectivity index (χ0) is 14.7. The van der Waals surface area contributed by atoms with E-state index >= 15 is 0 Å². The fourth-order valence-electron chi connectivity index (χ4n) is 2.17. The van der Waals surface area contributed by atoms with E-state index in [-0.39, 0.29) is 11.1 Å². The number of para-hydroxylation sites is 1. The highest BCUT2D eigenvalue weighted by atomic mass is 79.9. The topological polar surface area (TPSA) is 34.9 Å². The maximum Gasteiger partial charge on any atom is 0.177 e. The Kier molecular flexibility index (Phi) is 3.97. The van der Waals surface area contributed by atoms with Crippen molar-refractivity contribution >= 4 is 21.7 Å². The summed E-state index contributed by atoms with van der Waals surface area (Å²) in [6, 6.07) is 19.5. The van der Waals surface area contributed by atoms with Gasteiger partial charge in [-0.15, -0.1) is 0 Å². The Bertz CT molecular complexity index is 751.